The number of ketones is 2. The van der Waals surface area contributed by atoms with Gasteiger partial charge in [-0.2, -0.15) is 0 Å². The number of rotatable bonds is 1. The van der Waals surface area contributed by atoms with Crippen LogP contribution < -0.4 is 0 Å². The van der Waals surface area contributed by atoms with Gasteiger partial charge in [0.15, 0.2) is 5.78 Å². The molecule has 0 amide bonds. The number of aryl methyl sites for hydroxylation is 1. The van der Waals surface area contributed by atoms with Gasteiger partial charge in [-0.1, -0.05) is 54.0 Å². The number of hydrogen-bond acceptors (Lipinski definition) is 4. The van der Waals surface area contributed by atoms with Gasteiger partial charge in [0.1, 0.15) is 11.6 Å². The fourth-order valence-electron chi connectivity index (χ4n) is 11.3. The van der Waals surface area contributed by atoms with Crippen LogP contribution in [0.15, 0.2) is 24.0 Å². The van der Waals surface area contributed by atoms with Crippen molar-refractivity contribution >= 4 is 17.5 Å². The van der Waals surface area contributed by atoms with E-state index in [1.807, 2.05) is 19.2 Å². The van der Waals surface area contributed by atoms with Gasteiger partial charge in [-0.25, -0.2) is 4.98 Å². The lowest BCUT2D eigenvalue weighted by Crippen LogP contribution is -2.67. The maximum absolute atomic E-state index is 14.5. The number of carbonyl (C=O) groups is 3. The highest BCUT2D eigenvalue weighted by molar-refractivity contribution is 5.97. The zero-order chi connectivity index (χ0) is 28.3. The topological polar surface area (TPSA) is 69.0 Å². The van der Waals surface area contributed by atoms with Crippen molar-refractivity contribution in [3.8, 4) is 0 Å². The van der Waals surface area contributed by atoms with Gasteiger partial charge in [0.25, 0.3) is 0 Å². The number of aromatic nitrogens is 2. The second kappa shape index (κ2) is 8.26. The van der Waals surface area contributed by atoms with Crippen LogP contribution in [0.4, 0.5) is 0 Å². The van der Waals surface area contributed by atoms with Gasteiger partial charge < -0.3 is 0 Å². The number of nitrogens with zero attached hydrogens (tertiary/aromatic N) is 2. The van der Waals surface area contributed by atoms with E-state index in [1.54, 1.807) is 10.8 Å². The van der Waals surface area contributed by atoms with Gasteiger partial charge in [0.05, 0.1) is 5.41 Å². The SMILES string of the molecule is Cc1nccn1C(=O)[C@]12CC[C@@H](C)[C@H](C)[C@H]1C1=CC(=O)[C@@H]3[C@@]4(C)CCC(=O)C(C)(C)[C@@H]4CC[C@@]3(C)[C@]1(C)CC2. The molecule has 5 aliphatic rings. The van der Waals surface area contributed by atoms with Crippen molar-refractivity contribution in [2.45, 2.75) is 107 Å². The monoisotopic (exact) mass is 532 g/mol. The highest BCUT2D eigenvalue weighted by Crippen LogP contribution is 2.75. The Balaban J connectivity index is 1.51. The van der Waals surface area contributed by atoms with E-state index >= 15 is 0 Å². The highest BCUT2D eigenvalue weighted by Gasteiger charge is 2.71. The molecular formula is C34H48N2O3. The predicted molar refractivity (Wildman–Crippen MR) is 152 cm³/mol. The van der Waals surface area contributed by atoms with Crippen molar-refractivity contribution in [2.75, 3.05) is 0 Å². The van der Waals surface area contributed by atoms with Crippen LogP contribution in [0.1, 0.15) is 110 Å². The number of fused-ring (bicyclic) bond motifs is 7. The van der Waals surface area contributed by atoms with Crippen LogP contribution in [0.5, 0.6) is 0 Å². The molecule has 5 heteroatoms. The van der Waals surface area contributed by atoms with Crippen LogP contribution in [0.2, 0.25) is 0 Å². The molecule has 0 radical (unpaired) electrons. The van der Waals surface area contributed by atoms with E-state index in [0.717, 1.165) is 50.8 Å². The number of hydrogen-bond donors (Lipinski definition) is 0. The van der Waals surface area contributed by atoms with Crippen molar-refractivity contribution < 1.29 is 14.4 Å². The molecule has 1 aromatic heterocycles. The molecule has 1 aromatic rings. The predicted octanol–water partition coefficient (Wildman–Crippen LogP) is 7.24. The van der Waals surface area contributed by atoms with E-state index in [1.165, 1.54) is 5.57 Å². The smallest absolute Gasteiger partial charge is 0.238 e. The van der Waals surface area contributed by atoms with E-state index < -0.39 is 5.41 Å². The summed E-state index contributed by atoms with van der Waals surface area (Å²) in [6.07, 6.45) is 12.6. The van der Waals surface area contributed by atoms with Crippen LogP contribution in [0, 0.1) is 63.6 Å². The summed E-state index contributed by atoms with van der Waals surface area (Å²) >= 11 is 0. The fraction of sp³-hybridized carbons (Fsp3) is 0.765. The normalized spacial score (nSPS) is 46.9. The Hall–Kier alpha value is -2.04. The summed E-state index contributed by atoms with van der Waals surface area (Å²) in [6.45, 7) is 18.0. The molecule has 0 saturated heterocycles. The number of carbonyl (C=O) groups excluding carboxylic acids is 3. The highest BCUT2D eigenvalue weighted by atomic mass is 16.2. The van der Waals surface area contributed by atoms with Gasteiger partial charge >= 0.3 is 0 Å². The van der Waals surface area contributed by atoms with Crippen LogP contribution in [-0.2, 0) is 9.59 Å². The quantitative estimate of drug-likeness (QED) is 0.382. The van der Waals surface area contributed by atoms with E-state index in [-0.39, 0.29) is 51.1 Å². The Morgan fingerprint density at radius 1 is 0.974 bits per heavy atom. The van der Waals surface area contributed by atoms with Crippen LogP contribution in [0.25, 0.3) is 0 Å². The Bertz CT molecular complexity index is 1290. The molecular weight excluding hydrogens is 484 g/mol. The third kappa shape index (κ3) is 3.19. The van der Waals surface area contributed by atoms with Gasteiger partial charge in [-0.15, -0.1) is 0 Å². The Labute approximate surface area is 234 Å². The van der Waals surface area contributed by atoms with E-state index in [2.05, 4.69) is 53.5 Å². The lowest BCUT2D eigenvalue weighted by molar-refractivity contribution is -0.187. The summed E-state index contributed by atoms with van der Waals surface area (Å²) in [5.74, 6) is 2.57. The molecule has 0 bridgehead atoms. The average molecular weight is 533 g/mol. The standard InChI is InChI=1S/C34H48N2O3/c1-20-9-14-34(29(39)36-18-17-35-22(36)3)16-15-32(7)23(27(34)21(20)2)19-24(37)28-31(6)12-11-26(38)30(4,5)25(31)10-13-33(28,32)8/h17-21,25,27-28H,9-16H2,1-8H3/t20-,21+,25+,27+,28-,31+,32-,33-,34+/m1/s1. The van der Waals surface area contributed by atoms with E-state index in [4.69, 9.17) is 0 Å². The summed E-state index contributed by atoms with van der Waals surface area (Å²) in [4.78, 5) is 46.4. The number of imidazole rings is 1. The van der Waals surface area contributed by atoms with Gasteiger partial charge in [0.2, 0.25) is 5.91 Å². The molecule has 0 aliphatic heterocycles. The molecule has 6 rings (SSSR count). The molecule has 1 heterocycles. The molecule has 0 aromatic carbocycles. The van der Waals surface area contributed by atoms with Crippen molar-refractivity contribution in [3.63, 3.8) is 0 Å². The Kier molecular flexibility index (Phi) is 5.75. The summed E-state index contributed by atoms with van der Waals surface area (Å²) < 4.78 is 1.78. The van der Waals surface area contributed by atoms with Gasteiger partial charge in [-0.05, 0) is 97.9 Å². The molecule has 0 unspecified atom stereocenters. The molecule has 9 atom stereocenters. The number of Topliss-reactive ketones (excluding diaryl/α,β-unsaturated/α-hetero) is 1. The first kappa shape index (κ1) is 27.1. The molecule has 5 aliphatic carbocycles. The molecule has 0 spiro atoms. The molecule has 0 N–H and O–H groups in total. The average Bonchev–Trinajstić information content (AvgIpc) is 3.30. The first-order valence-electron chi connectivity index (χ1n) is 15.5. The van der Waals surface area contributed by atoms with Crippen LogP contribution >= 0.6 is 0 Å². The largest absolute Gasteiger partial charge is 0.299 e. The van der Waals surface area contributed by atoms with Crippen molar-refractivity contribution in [2.24, 2.45) is 56.7 Å². The second-order valence-electron chi connectivity index (χ2n) is 15.6. The third-order valence-corrected chi connectivity index (χ3v) is 13.9. The minimum absolute atomic E-state index is 0.0610. The molecule has 5 nitrogen and oxygen atoms in total. The zero-order valence-electron chi connectivity index (χ0n) is 25.4. The summed E-state index contributed by atoms with van der Waals surface area (Å²) in [6, 6.07) is 0. The lowest BCUT2D eigenvalue weighted by atomic mass is 9.33. The van der Waals surface area contributed by atoms with Crippen LogP contribution in [-0.4, -0.2) is 27.0 Å². The summed E-state index contributed by atoms with van der Waals surface area (Å²) in [7, 11) is 0. The Morgan fingerprint density at radius 2 is 1.69 bits per heavy atom. The Morgan fingerprint density at radius 3 is 2.36 bits per heavy atom. The van der Waals surface area contributed by atoms with Crippen molar-refractivity contribution in [1.82, 2.24) is 9.55 Å². The zero-order valence-corrected chi connectivity index (χ0v) is 25.4. The third-order valence-electron chi connectivity index (χ3n) is 13.9. The molecule has 39 heavy (non-hydrogen) atoms. The van der Waals surface area contributed by atoms with Gasteiger partial charge in [0, 0.05) is 30.1 Å². The minimum atomic E-state index is -0.493. The second-order valence-corrected chi connectivity index (χ2v) is 15.6. The molecule has 4 fully saturated rings. The van der Waals surface area contributed by atoms with Crippen molar-refractivity contribution in [3.05, 3.63) is 29.9 Å². The summed E-state index contributed by atoms with van der Waals surface area (Å²) in [5, 5.41) is 0. The fourth-order valence-corrected chi connectivity index (χ4v) is 11.3. The van der Waals surface area contributed by atoms with Crippen molar-refractivity contribution in [1.29, 1.82) is 0 Å². The van der Waals surface area contributed by atoms with E-state index in [0.29, 0.717) is 24.0 Å². The number of allylic oxidation sites excluding steroid dienone is 2. The molecule has 4 saturated carbocycles. The minimum Gasteiger partial charge on any atom is -0.299 e. The lowest BCUT2D eigenvalue weighted by Gasteiger charge is -2.70. The first-order chi connectivity index (χ1) is 18.1. The van der Waals surface area contributed by atoms with E-state index in [9.17, 15) is 14.4 Å². The maximum atomic E-state index is 14.5. The molecule has 212 valence electrons. The van der Waals surface area contributed by atoms with Gasteiger partial charge in [-0.3, -0.25) is 19.0 Å². The summed E-state index contributed by atoms with van der Waals surface area (Å²) in [5.41, 5.74) is -0.131. The first-order valence-corrected chi connectivity index (χ1v) is 15.5. The maximum Gasteiger partial charge on any atom is 0.238 e. The van der Waals surface area contributed by atoms with Crippen LogP contribution in [0.3, 0.4) is 0 Å².